The molecule has 110 valence electrons. The van der Waals surface area contributed by atoms with Crippen molar-refractivity contribution in [1.82, 2.24) is 4.90 Å². The highest BCUT2D eigenvalue weighted by atomic mass is 32.1. The number of methoxy groups -OCH3 is 1. The molecule has 1 aliphatic heterocycles. The van der Waals surface area contributed by atoms with Crippen LogP contribution in [0.1, 0.15) is 38.5 Å². The van der Waals surface area contributed by atoms with Crippen molar-refractivity contribution >= 4 is 17.2 Å². The molecule has 0 bridgehead atoms. The van der Waals surface area contributed by atoms with Gasteiger partial charge in [-0.15, -0.1) is 0 Å². The molecule has 0 amide bonds. The molecule has 19 heavy (non-hydrogen) atoms. The lowest BCUT2D eigenvalue weighted by Crippen LogP contribution is -2.53. The first kappa shape index (κ1) is 15.2. The Kier molecular flexibility index (Phi) is 5.57. The molecule has 1 unspecified atom stereocenters. The Labute approximate surface area is 121 Å². The second-order valence-electron chi connectivity index (χ2n) is 5.78. The summed E-state index contributed by atoms with van der Waals surface area (Å²) in [4.78, 5) is 3.10. The van der Waals surface area contributed by atoms with Crippen LogP contribution in [-0.4, -0.2) is 54.9 Å². The fourth-order valence-corrected chi connectivity index (χ4v) is 3.26. The zero-order chi connectivity index (χ0) is 13.7. The van der Waals surface area contributed by atoms with Gasteiger partial charge in [0.05, 0.1) is 17.2 Å². The van der Waals surface area contributed by atoms with Crippen LogP contribution in [0.25, 0.3) is 0 Å². The summed E-state index contributed by atoms with van der Waals surface area (Å²) in [7, 11) is 1.75. The van der Waals surface area contributed by atoms with E-state index in [1.165, 1.54) is 19.3 Å². The third-order valence-corrected chi connectivity index (χ3v) is 4.68. The van der Waals surface area contributed by atoms with Crippen molar-refractivity contribution in [2.24, 2.45) is 5.73 Å². The Morgan fingerprint density at radius 1 is 1.47 bits per heavy atom. The molecular weight excluding hydrogens is 260 g/mol. The molecule has 1 spiro atoms. The molecule has 1 aliphatic carbocycles. The summed E-state index contributed by atoms with van der Waals surface area (Å²) in [5.41, 5.74) is 5.83. The topological polar surface area (TPSA) is 47.7 Å². The molecule has 1 atom stereocenters. The third kappa shape index (κ3) is 4.12. The van der Waals surface area contributed by atoms with Crippen LogP contribution >= 0.6 is 12.2 Å². The van der Waals surface area contributed by atoms with E-state index >= 15 is 0 Å². The van der Waals surface area contributed by atoms with E-state index in [0.29, 0.717) is 11.0 Å². The lowest BCUT2D eigenvalue weighted by Gasteiger charge is -2.49. The molecule has 1 heterocycles. The van der Waals surface area contributed by atoms with Gasteiger partial charge in [-0.2, -0.15) is 0 Å². The zero-order valence-electron chi connectivity index (χ0n) is 11.9. The molecule has 2 aliphatic rings. The van der Waals surface area contributed by atoms with Crippen LogP contribution in [0.5, 0.6) is 0 Å². The molecule has 0 aromatic rings. The van der Waals surface area contributed by atoms with Gasteiger partial charge in [-0.3, -0.25) is 4.90 Å². The summed E-state index contributed by atoms with van der Waals surface area (Å²) in [6, 6.07) is 0.596. The summed E-state index contributed by atoms with van der Waals surface area (Å²) in [6.07, 6.45) is 6.85. The van der Waals surface area contributed by atoms with Crippen LogP contribution in [0.3, 0.4) is 0 Å². The van der Waals surface area contributed by atoms with Gasteiger partial charge in [0.15, 0.2) is 0 Å². The Hall–Kier alpha value is -0.230. The number of thiocarbonyl (C=S) groups is 1. The molecule has 1 saturated carbocycles. The van der Waals surface area contributed by atoms with Gasteiger partial charge in [-0.1, -0.05) is 12.2 Å². The summed E-state index contributed by atoms with van der Waals surface area (Å²) in [6.45, 7) is 3.56. The van der Waals surface area contributed by atoms with Crippen LogP contribution in [0.4, 0.5) is 0 Å². The van der Waals surface area contributed by atoms with E-state index in [2.05, 4.69) is 4.90 Å². The molecule has 2 rings (SSSR count). The SMILES string of the molecule is COCCN(CCC(N)=S)C1CCOC2(CCC2)C1. The Morgan fingerprint density at radius 3 is 2.84 bits per heavy atom. The van der Waals surface area contributed by atoms with Crippen molar-refractivity contribution in [1.29, 1.82) is 0 Å². The fourth-order valence-electron chi connectivity index (χ4n) is 3.17. The summed E-state index contributed by atoms with van der Waals surface area (Å²) in [5.74, 6) is 0. The predicted molar refractivity (Wildman–Crippen MR) is 80.4 cm³/mol. The van der Waals surface area contributed by atoms with Crippen molar-refractivity contribution in [2.75, 3.05) is 33.4 Å². The average Bonchev–Trinajstić information content (AvgIpc) is 2.37. The first-order chi connectivity index (χ1) is 9.15. The van der Waals surface area contributed by atoms with E-state index in [9.17, 15) is 0 Å². The van der Waals surface area contributed by atoms with Gasteiger partial charge in [0.2, 0.25) is 0 Å². The minimum Gasteiger partial charge on any atom is -0.393 e. The van der Waals surface area contributed by atoms with Crippen LogP contribution < -0.4 is 5.73 Å². The van der Waals surface area contributed by atoms with Crippen LogP contribution in [0.2, 0.25) is 0 Å². The van der Waals surface area contributed by atoms with Gasteiger partial charge >= 0.3 is 0 Å². The molecule has 0 aromatic heterocycles. The van der Waals surface area contributed by atoms with E-state index in [0.717, 1.165) is 45.6 Å². The normalized spacial score (nSPS) is 25.5. The number of hydrogen-bond acceptors (Lipinski definition) is 4. The van der Waals surface area contributed by atoms with Gasteiger partial charge in [-0.05, 0) is 32.1 Å². The van der Waals surface area contributed by atoms with Crippen molar-refractivity contribution in [2.45, 2.75) is 50.2 Å². The smallest absolute Gasteiger partial charge is 0.0740 e. The molecule has 4 nitrogen and oxygen atoms in total. The van der Waals surface area contributed by atoms with Crippen molar-refractivity contribution in [3.8, 4) is 0 Å². The zero-order valence-corrected chi connectivity index (χ0v) is 12.7. The standard InChI is InChI=1S/C14H26N2O2S/c1-17-10-8-16(7-3-13(15)19)12-4-9-18-14(11-12)5-2-6-14/h12H,2-11H2,1H3,(H2,15,19). The van der Waals surface area contributed by atoms with Gasteiger partial charge in [0.1, 0.15) is 0 Å². The van der Waals surface area contributed by atoms with Gasteiger partial charge in [0.25, 0.3) is 0 Å². The number of rotatable bonds is 7. The number of nitrogens with two attached hydrogens (primary N) is 1. The highest BCUT2D eigenvalue weighted by Crippen LogP contribution is 2.43. The lowest BCUT2D eigenvalue weighted by atomic mass is 9.73. The van der Waals surface area contributed by atoms with Crippen molar-refractivity contribution in [3.63, 3.8) is 0 Å². The van der Waals surface area contributed by atoms with E-state index in [-0.39, 0.29) is 5.60 Å². The van der Waals surface area contributed by atoms with Gasteiger partial charge < -0.3 is 15.2 Å². The number of nitrogens with zero attached hydrogens (tertiary/aromatic N) is 1. The molecule has 5 heteroatoms. The molecule has 1 saturated heterocycles. The highest BCUT2D eigenvalue weighted by molar-refractivity contribution is 7.80. The minimum absolute atomic E-state index is 0.192. The largest absolute Gasteiger partial charge is 0.393 e. The minimum atomic E-state index is 0.192. The van der Waals surface area contributed by atoms with Gasteiger partial charge in [-0.25, -0.2) is 0 Å². The summed E-state index contributed by atoms with van der Waals surface area (Å²) >= 11 is 5.00. The monoisotopic (exact) mass is 286 g/mol. The average molecular weight is 286 g/mol. The quantitative estimate of drug-likeness (QED) is 0.722. The number of ether oxygens (including phenoxy) is 2. The lowest BCUT2D eigenvalue weighted by molar-refractivity contribution is -0.149. The second-order valence-corrected chi connectivity index (χ2v) is 6.30. The van der Waals surface area contributed by atoms with Crippen LogP contribution in [-0.2, 0) is 9.47 Å². The summed E-state index contributed by atoms with van der Waals surface area (Å²) < 4.78 is 11.2. The Balaban J connectivity index is 1.89. The van der Waals surface area contributed by atoms with E-state index < -0.39 is 0 Å². The maximum Gasteiger partial charge on any atom is 0.0740 e. The Bertz CT molecular complexity index is 308. The molecule has 0 aromatic carbocycles. The molecule has 2 fully saturated rings. The second kappa shape index (κ2) is 6.97. The van der Waals surface area contributed by atoms with Gasteiger partial charge in [0, 0.05) is 39.3 Å². The van der Waals surface area contributed by atoms with Crippen LogP contribution in [0.15, 0.2) is 0 Å². The van der Waals surface area contributed by atoms with E-state index in [4.69, 9.17) is 27.4 Å². The fraction of sp³-hybridized carbons (Fsp3) is 0.929. The summed E-state index contributed by atoms with van der Waals surface area (Å²) in [5, 5.41) is 0. The van der Waals surface area contributed by atoms with Crippen molar-refractivity contribution < 1.29 is 9.47 Å². The Morgan fingerprint density at radius 2 is 2.26 bits per heavy atom. The van der Waals surface area contributed by atoms with E-state index in [1.54, 1.807) is 7.11 Å². The predicted octanol–water partition coefficient (Wildman–Crippen LogP) is 1.71. The first-order valence-corrected chi connectivity index (χ1v) is 7.71. The van der Waals surface area contributed by atoms with Crippen LogP contribution in [0, 0.1) is 0 Å². The maximum atomic E-state index is 6.00. The molecular formula is C14H26N2O2S. The number of hydrogen-bond donors (Lipinski definition) is 1. The van der Waals surface area contributed by atoms with Crippen molar-refractivity contribution in [3.05, 3.63) is 0 Å². The molecule has 0 radical (unpaired) electrons. The first-order valence-electron chi connectivity index (χ1n) is 7.30. The third-order valence-electron chi connectivity index (χ3n) is 4.48. The molecule has 2 N–H and O–H groups in total. The maximum absolute atomic E-state index is 6.00. The highest BCUT2D eigenvalue weighted by Gasteiger charge is 2.43. The van der Waals surface area contributed by atoms with E-state index in [1.807, 2.05) is 0 Å².